The van der Waals surface area contributed by atoms with E-state index in [1.54, 1.807) is 12.4 Å². The monoisotopic (exact) mass is 562 g/mol. The lowest BCUT2D eigenvalue weighted by Gasteiger charge is -2.24. The summed E-state index contributed by atoms with van der Waals surface area (Å²) in [7, 11) is 0. The van der Waals surface area contributed by atoms with E-state index in [-0.39, 0.29) is 12.8 Å². The van der Waals surface area contributed by atoms with Crippen molar-refractivity contribution >= 4 is 51.5 Å². The molecule has 214 valence electrons. The maximum Gasteiger partial charge on any atom is 0.322 e. The molecule has 0 bridgehead atoms. The molecule has 4 rings (SSSR count). The number of rotatable bonds is 13. The van der Waals surface area contributed by atoms with Crippen LogP contribution in [0.1, 0.15) is 17.5 Å². The summed E-state index contributed by atoms with van der Waals surface area (Å²) in [6.07, 6.45) is 2.77. The molecule has 2 aromatic heterocycles. The van der Waals surface area contributed by atoms with Crippen molar-refractivity contribution in [2.75, 3.05) is 6.54 Å². The minimum Gasteiger partial charge on any atom is -0.481 e. The molecule has 3 amide bonds. The molecule has 0 fully saturated rings. The Balaban J connectivity index is 1.61. The van der Waals surface area contributed by atoms with Gasteiger partial charge in [-0.1, -0.05) is 36.4 Å². The zero-order valence-corrected chi connectivity index (χ0v) is 21.8. The van der Waals surface area contributed by atoms with Gasteiger partial charge in [-0.25, -0.2) is 0 Å². The number of amides is 3. The molecular formula is C28H30N6O7. The Labute approximate surface area is 233 Å². The van der Waals surface area contributed by atoms with Crippen molar-refractivity contribution in [1.29, 1.82) is 0 Å². The highest BCUT2D eigenvalue weighted by Gasteiger charge is 2.30. The van der Waals surface area contributed by atoms with Crippen LogP contribution in [0.4, 0.5) is 0 Å². The molecule has 2 heterocycles. The number of carbonyl (C=O) groups excluding carboxylic acids is 3. The molecule has 4 aromatic rings. The normalized spacial score (nSPS) is 13.3. The van der Waals surface area contributed by atoms with E-state index < -0.39 is 60.8 Å². The van der Waals surface area contributed by atoms with Gasteiger partial charge in [-0.2, -0.15) is 0 Å². The van der Waals surface area contributed by atoms with Crippen molar-refractivity contribution in [2.24, 2.45) is 5.73 Å². The summed E-state index contributed by atoms with van der Waals surface area (Å²) in [6.45, 7) is -0.654. The van der Waals surface area contributed by atoms with Gasteiger partial charge in [0.2, 0.25) is 17.7 Å². The lowest BCUT2D eigenvalue weighted by atomic mass is 10.0. The summed E-state index contributed by atoms with van der Waals surface area (Å²) in [6, 6.07) is 10.9. The SMILES string of the molecule is NC(CC(=O)O)C(=O)NC(Cc1c[nH]c2ccccc12)C(=O)NC(Cc1c[nH]c2ccccc12)C(=O)NCC(=O)O. The molecule has 0 radical (unpaired) electrons. The molecule has 3 unspecified atom stereocenters. The smallest absolute Gasteiger partial charge is 0.322 e. The Kier molecular flexibility index (Phi) is 8.99. The van der Waals surface area contributed by atoms with E-state index in [4.69, 9.17) is 15.9 Å². The summed E-state index contributed by atoms with van der Waals surface area (Å²) in [5, 5.41) is 27.2. The fourth-order valence-electron chi connectivity index (χ4n) is 4.58. The summed E-state index contributed by atoms with van der Waals surface area (Å²) in [5.41, 5.74) is 8.76. The highest BCUT2D eigenvalue weighted by Crippen LogP contribution is 2.21. The molecule has 41 heavy (non-hydrogen) atoms. The molecule has 13 nitrogen and oxygen atoms in total. The molecule has 0 aliphatic heterocycles. The quantitative estimate of drug-likeness (QED) is 0.114. The van der Waals surface area contributed by atoms with Crippen LogP contribution >= 0.6 is 0 Å². The fourth-order valence-corrected chi connectivity index (χ4v) is 4.58. The lowest BCUT2D eigenvalue weighted by Crippen LogP contribution is -2.57. The maximum atomic E-state index is 13.6. The number of fused-ring (bicyclic) bond motifs is 2. The third-order valence-electron chi connectivity index (χ3n) is 6.61. The summed E-state index contributed by atoms with van der Waals surface area (Å²) >= 11 is 0. The Morgan fingerprint density at radius 2 is 1.20 bits per heavy atom. The third-order valence-corrected chi connectivity index (χ3v) is 6.61. The van der Waals surface area contributed by atoms with Crippen molar-refractivity contribution in [3.8, 4) is 0 Å². The van der Waals surface area contributed by atoms with E-state index in [2.05, 4.69) is 25.9 Å². The van der Waals surface area contributed by atoms with Crippen LogP contribution in [-0.2, 0) is 36.8 Å². The van der Waals surface area contributed by atoms with Crippen molar-refractivity contribution in [3.63, 3.8) is 0 Å². The van der Waals surface area contributed by atoms with Gasteiger partial charge in [0.25, 0.3) is 0 Å². The Hall–Kier alpha value is -5.17. The second-order valence-electron chi connectivity index (χ2n) is 9.57. The number of hydrogen-bond acceptors (Lipinski definition) is 6. The summed E-state index contributed by atoms with van der Waals surface area (Å²) < 4.78 is 0. The number of carboxylic acids is 2. The first-order valence-electron chi connectivity index (χ1n) is 12.8. The van der Waals surface area contributed by atoms with E-state index >= 15 is 0 Å². The van der Waals surface area contributed by atoms with Gasteiger partial charge in [0, 0.05) is 47.0 Å². The Morgan fingerprint density at radius 1 is 0.707 bits per heavy atom. The first kappa shape index (κ1) is 28.8. The number of aromatic nitrogens is 2. The van der Waals surface area contributed by atoms with Crippen LogP contribution in [-0.4, -0.2) is 74.5 Å². The average molecular weight is 563 g/mol. The molecule has 13 heteroatoms. The number of H-pyrrole nitrogens is 2. The van der Waals surface area contributed by atoms with Crippen LogP contribution in [0.5, 0.6) is 0 Å². The van der Waals surface area contributed by atoms with Crippen LogP contribution in [0.2, 0.25) is 0 Å². The number of carboxylic acid groups (broad SMARTS) is 2. The topological polar surface area (TPSA) is 219 Å². The molecular weight excluding hydrogens is 532 g/mol. The Bertz CT molecular complexity index is 1590. The lowest BCUT2D eigenvalue weighted by molar-refractivity contribution is -0.139. The molecule has 0 spiro atoms. The van der Waals surface area contributed by atoms with Crippen LogP contribution < -0.4 is 21.7 Å². The molecule has 0 saturated heterocycles. The Morgan fingerprint density at radius 3 is 1.71 bits per heavy atom. The predicted molar refractivity (Wildman–Crippen MR) is 149 cm³/mol. The molecule has 0 aliphatic carbocycles. The van der Waals surface area contributed by atoms with E-state index in [1.165, 1.54) is 0 Å². The third kappa shape index (κ3) is 7.28. The molecule has 0 aliphatic rings. The number of aliphatic carboxylic acids is 2. The molecule has 9 N–H and O–H groups in total. The minimum atomic E-state index is -1.41. The average Bonchev–Trinajstić information content (AvgIpc) is 3.54. The van der Waals surface area contributed by atoms with Gasteiger partial charge in [0.05, 0.1) is 12.5 Å². The van der Waals surface area contributed by atoms with Crippen LogP contribution in [0, 0.1) is 0 Å². The summed E-state index contributed by atoms with van der Waals surface area (Å²) in [5.74, 6) is -4.85. The standard InChI is InChI=1S/C28H30N6O7/c29-19(11-24(35)36)26(39)33-23(10-16-13-31-21-8-4-2-6-18(16)21)28(41)34-22(27(40)32-14-25(37)38)9-15-12-30-20-7-3-1-5-17(15)20/h1-8,12-13,19,22-23,30-31H,9-11,14,29H2,(H,32,40)(H,33,39)(H,34,41)(H,35,36)(H,37,38). The number of aromatic amines is 2. The van der Waals surface area contributed by atoms with Crippen LogP contribution in [0.25, 0.3) is 21.8 Å². The largest absolute Gasteiger partial charge is 0.481 e. The fraction of sp³-hybridized carbons (Fsp3) is 0.250. The van der Waals surface area contributed by atoms with Crippen molar-refractivity contribution in [3.05, 3.63) is 72.1 Å². The van der Waals surface area contributed by atoms with E-state index in [9.17, 15) is 24.0 Å². The van der Waals surface area contributed by atoms with Gasteiger partial charge in [0.15, 0.2) is 0 Å². The maximum absolute atomic E-state index is 13.6. The minimum absolute atomic E-state index is 0.00206. The zero-order chi connectivity index (χ0) is 29.5. The number of carbonyl (C=O) groups is 5. The second-order valence-corrected chi connectivity index (χ2v) is 9.57. The van der Waals surface area contributed by atoms with Crippen molar-refractivity contribution in [1.82, 2.24) is 25.9 Å². The predicted octanol–water partition coefficient (Wildman–Crippen LogP) is 0.407. The highest BCUT2D eigenvalue weighted by atomic mass is 16.4. The first-order chi connectivity index (χ1) is 19.6. The van der Waals surface area contributed by atoms with Crippen LogP contribution in [0.15, 0.2) is 60.9 Å². The van der Waals surface area contributed by atoms with Gasteiger partial charge in [-0.15, -0.1) is 0 Å². The van der Waals surface area contributed by atoms with Gasteiger partial charge < -0.3 is 41.9 Å². The van der Waals surface area contributed by atoms with E-state index in [0.29, 0.717) is 11.1 Å². The van der Waals surface area contributed by atoms with Gasteiger partial charge in [-0.3, -0.25) is 24.0 Å². The van der Waals surface area contributed by atoms with E-state index in [0.717, 1.165) is 21.8 Å². The number of hydrogen-bond donors (Lipinski definition) is 8. The van der Waals surface area contributed by atoms with E-state index in [1.807, 2.05) is 48.5 Å². The van der Waals surface area contributed by atoms with Gasteiger partial charge >= 0.3 is 11.9 Å². The van der Waals surface area contributed by atoms with Gasteiger partial charge in [-0.05, 0) is 23.3 Å². The highest BCUT2D eigenvalue weighted by molar-refractivity contribution is 5.95. The first-order valence-corrected chi connectivity index (χ1v) is 12.8. The van der Waals surface area contributed by atoms with Crippen molar-refractivity contribution in [2.45, 2.75) is 37.4 Å². The number of nitrogens with one attached hydrogen (secondary N) is 5. The molecule has 2 aromatic carbocycles. The molecule has 0 saturated carbocycles. The number of nitrogens with two attached hydrogens (primary N) is 1. The molecule has 3 atom stereocenters. The van der Waals surface area contributed by atoms with Gasteiger partial charge in [0.1, 0.15) is 18.6 Å². The van der Waals surface area contributed by atoms with Crippen molar-refractivity contribution < 1.29 is 34.2 Å². The summed E-state index contributed by atoms with van der Waals surface area (Å²) in [4.78, 5) is 67.8. The second kappa shape index (κ2) is 12.8. The number of para-hydroxylation sites is 2. The number of benzene rings is 2. The zero-order valence-electron chi connectivity index (χ0n) is 21.8. The van der Waals surface area contributed by atoms with Crippen LogP contribution in [0.3, 0.4) is 0 Å².